The summed E-state index contributed by atoms with van der Waals surface area (Å²) in [6.45, 7) is 6.66. The number of rotatable bonds is 4. The van der Waals surface area contributed by atoms with Gasteiger partial charge in [-0.2, -0.15) is 0 Å². The van der Waals surface area contributed by atoms with Crippen molar-refractivity contribution in [2.24, 2.45) is 0 Å². The number of halogens is 1. The van der Waals surface area contributed by atoms with Crippen LogP contribution in [0.2, 0.25) is 0 Å². The van der Waals surface area contributed by atoms with E-state index in [9.17, 15) is 4.39 Å². The van der Waals surface area contributed by atoms with E-state index in [2.05, 4.69) is 59.9 Å². The lowest BCUT2D eigenvalue weighted by Gasteiger charge is -2.34. The summed E-state index contributed by atoms with van der Waals surface area (Å²) in [5, 5.41) is 2.49. The highest BCUT2D eigenvalue weighted by Crippen LogP contribution is 2.38. The average molecular weight is 362 g/mol. The van der Waals surface area contributed by atoms with Gasteiger partial charge in [-0.1, -0.05) is 56.3 Å². The maximum atomic E-state index is 13.5. The van der Waals surface area contributed by atoms with Gasteiger partial charge in [-0.3, -0.25) is 4.68 Å². The third-order valence-corrected chi connectivity index (χ3v) is 5.41. The van der Waals surface area contributed by atoms with Gasteiger partial charge in [0.1, 0.15) is 5.82 Å². The number of hydrogen-bond acceptors (Lipinski definition) is 1. The molecule has 3 aromatic rings. The first-order chi connectivity index (χ1) is 13.1. The van der Waals surface area contributed by atoms with Gasteiger partial charge in [0.2, 0.25) is 0 Å². The zero-order valence-corrected chi connectivity index (χ0v) is 16.2. The summed E-state index contributed by atoms with van der Waals surface area (Å²) in [5.41, 5.74) is 5.97. The quantitative estimate of drug-likeness (QED) is 0.536. The van der Waals surface area contributed by atoms with Crippen LogP contribution in [0.3, 0.4) is 0 Å². The largest absolute Gasteiger partial charge is 0.313 e. The molecule has 1 aliphatic heterocycles. The summed E-state index contributed by atoms with van der Waals surface area (Å²) < 4.78 is 16.0. The van der Waals surface area contributed by atoms with Gasteiger partial charge in [0.25, 0.3) is 0 Å². The predicted octanol–water partition coefficient (Wildman–Crippen LogP) is 6.21. The molecule has 4 rings (SSSR count). The van der Waals surface area contributed by atoms with Crippen molar-refractivity contribution in [3.05, 3.63) is 72.2 Å². The lowest BCUT2D eigenvalue weighted by molar-refractivity contribution is 0.468. The van der Waals surface area contributed by atoms with Gasteiger partial charge >= 0.3 is 0 Å². The number of hydrogen-bond donors (Lipinski definition) is 0. The standard InChI is InChI=1S/C24H27FN2/c1-18(2)23-17-22(19-11-13-21(25)14-12-19)24(20-9-5-3-6-10-20)27(23)26-15-7-4-8-16-26/h3,5-6,9-14,17-18H,4,7-8,15-16H2,1-2H3. The van der Waals surface area contributed by atoms with Crippen molar-refractivity contribution in [2.75, 3.05) is 18.1 Å². The highest BCUT2D eigenvalue weighted by Gasteiger charge is 2.24. The maximum absolute atomic E-state index is 13.5. The van der Waals surface area contributed by atoms with E-state index in [4.69, 9.17) is 0 Å². The molecule has 0 spiro atoms. The zero-order chi connectivity index (χ0) is 18.8. The fourth-order valence-electron chi connectivity index (χ4n) is 4.04. The Kier molecular flexibility index (Phi) is 5.02. The molecule has 0 radical (unpaired) electrons. The van der Waals surface area contributed by atoms with Gasteiger partial charge in [-0.25, -0.2) is 4.39 Å². The first kappa shape index (κ1) is 17.8. The van der Waals surface area contributed by atoms with Crippen LogP contribution in [0.4, 0.5) is 4.39 Å². The predicted molar refractivity (Wildman–Crippen MR) is 111 cm³/mol. The molecule has 27 heavy (non-hydrogen) atoms. The summed E-state index contributed by atoms with van der Waals surface area (Å²) >= 11 is 0. The Hall–Kier alpha value is -2.55. The average Bonchev–Trinajstić information content (AvgIpc) is 3.11. The van der Waals surface area contributed by atoms with Crippen molar-refractivity contribution in [1.29, 1.82) is 0 Å². The molecule has 0 unspecified atom stereocenters. The minimum atomic E-state index is -0.195. The second kappa shape index (κ2) is 7.59. The zero-order valence-electron chi connectivity index (χ0n) is 16.2. The molecular weight excluding hydrogens is 335 g/mol. The molecule has 1 aromatic heterocycles. The Morgan fingerprint density at radius 3 is 2.11 bits per heavy atom. The van der Waals surface area contributed by atoms with Crippen molar-refractivity contribution >= 4 is 0 Å². The lowest BCUT2D eigenvalue weighted by atomic mass is 10.0. The third-order valence-electron chi connectivity index (χ3n) is 5.41. The van der Waals surface area contributed by atoms with Gasteiger partial charge in [-0.15, -0.1) is 0 Å². The van der Waals surface area contributed by atoms with Crippen molar-refractivity contribution in [2.45, 2.75) is 39.0 Å². The van der Waals surface area contributed by atoms with Crippen LogP contribution < -0.4 is 5.01 Å². The third kappa shape index (κ3) is 3.51. The van der Waals surface area contributed by atoms with E-state index in [-0.39, 0.29) is 5.82 Å². The van der Waals surface area contributed by atoms with Crippen LogP contribution in [0.15, 0.2) is 60.7 Å². The molecule has 2 nitrogen and oxygen atoms in total. The minimum absolute atomic E-state index is 0.195. The van der Waals surface area contributed by atoms with Crippen molar-refractivity contribution in [1.82, 2.24) is 4.68 Å². The molecule has 3 heteroatoms. The molecule has 1 fully saturated rings. The molecule has 0 bridgehead atoms. The highest BCUT2D eigenvalue weighted by atomic mass is 19.1. The number of piperidine rings is 1. The van der Waals surface area contributed by atoms with E-state index in [1.165, 1.54) is 41.8 Å². The SMILES string of the molecule is CC(C)c1cc(-c2ccc(F)cc2)c(-c2ccccc2)n1N1CCCCC1. The van der Waals surface area contributed by atoms with Crippen molar-refractivity contribution in [3.8, 4) is 22.4 Å². The molecule has 1 saturated heterocycles. The smallest absolute Gasteiger partial charge is 0.123 e. The summed E-state index contributed by atoms with van der Waals surface area (Å²) in [4.78, 5) is 0. The van der Waals surface area contributed by atoms with Gasteiger partial charge < -0.3 is 5.01 Å². The lowest BCUT2D eigenvalue weighted by Crippen LogP contribution is -2.40. The monoisotopic (exact) mass is 362 g/mol. The molecule has 0 aliphatic carbocycles. The highest BCUT2D eigenvalue weighted by molar-refractivity contribution is 5.83. The number of nitrogens with zero attached hydrogens (tertiary/aromatic N) is 2. The second-order valence-electron chi connectivity index (χ2n) is 7.69. The minimum Gasteiger partial charge on any atom is -0.313 e. The number of benzene rings is 2. The van der Waals surface area contributed by atoms with E-state index in [0.29, 0.717) is 5.92 Å². The summed E-state index contributed by atoms with van der Waals surface area (Å²) in [5.74, 6) is 0.211. The van der Waals surface area contributed by atoms with Crippen LogP contribution in [-0.2, 0) is 0 Å². The van der Waals surface area contributed by atoms with E-state index in [1.807, 2.05) is 12.1 Å². The van der Waals surface area contributed by atoms with Crippen molar-refractivity contribution in [3.63, 3.8) is 0 Å². The molecule has 0 N–H and O–H groups in total. The molecule has 0 saturated carbocycles. The van der Waals surface area contributed by atoms with Gasteiger partial charge in [0, 0.05) is 29.9 Å². The van der Waals surface area contributed by atoms with Crippen LogP contribution in [-0.4, -0.2) is 17.8 Å². The Bertz CT molecular complexity index is 888. The van der Waals surface area contributed by atoms with E-state index in [0.717, 1.165) is 18.7 Å². The Labute approximate surface area is 161 Å². The number of aromatic nitrogens is 1. The summed E-state index contributed by atoms with van der Waals surface area (Å²) in [6.07, 6.45) is 3.77. The fourth-order valence-corrected chi connectivity index (χ4v) is 4.04. The van der Waals surface area contributed by atoms with Crippen LogP contribution in [0, 0.1) is 5.82 Å². The Balaban J connectivity index is 1.96. The van der Waals surface area contributed by atoms with Gasteiger partial charge in [-0.05, 0) is 48.9 Å². The van der Waals surface area contributed by atoms with E-state index < -0.39 is 0 Å². The van der Waals surface area contributed by atoms with Crippen LogP contribution in [0.5, 0.6) is 0 Å². The summed E-state index contributed by atoms with van der Waals surface area (Å²) in [7, 11) is 0. The first-order valence-corrected chi connectivity index (χ1v) is 9.97. The fraction of sp³-hybridized carbons (Fsp3) is 0.333. The van der Waals surface area contributed by atoms with Crippen LogP contribution in [0.1, 0.15) is 44.7 Å². The van der Waals surface area contributed by atoms with Gasteiger partial charge in [0.05, 0.1) is 5.69 Å². The normalized spacial score (nSPS) is 14.7. The van der Waals surface area contributed by atoms with E-state index in [1.54, 1.807) is 12.1 Å². The topological polar surface area (TPSA) is 8.17 Å². The molecular formula is C24H27FN2. The Morgan fingerprint density at radius 1 is 0.815 bits per heavy atom. The molecule has 2 heterocycles. The maximum Gasteiger partial charge on any atom is 0.123 e. The molecule has 2 aromatic carbocycles. The van der Waals surface area contributed by atoms with E-state index >= 15 is 0 Å². The van der Waals surface area contributed by atoms with Crippen LogP contribution >= 0.6 is 0 Å². The molecule has 0 amide bonds. The molecule has 140 valence electrons. The Morgan fingerprint density at radius 2 is 1.48 bits per heavy atom. The molecule has 1 aliphatic rings. The second-order valence-corrected chi connectivity index (χ2v) is 7.69. The summed E-state index contributed by atoms with van der Waals surface area (Å²) in [6, 6.07) is 19.8. The van der Waals surface area contributed by atoms with Crippen molar-refractivity contribution < 1.29 is 4.39 Å². The first-order valence-electron chi connectivity index (χ1n) is 9.97. The van der Waals surface area contributed by atoms with Crippen LogP contribution in [0.25, 0.3) is 22.4 Å². The molecule has 0 atom stereocenters. The van der Waals surface area contributed by atoms with Gasteiger partial charge in [0.15, 0.2) is 0 Å².